The molecule has 0 atom stereocenters. The molecule has 0 bridgehead atoms. The first-order chi connectivity index (χ1) is 5.33. The Hall–Kier alpha value is -0.300. The van der Waals surface area contributed by atoms with E-state index in [9.17, 15) is 4.79 Å². The second-order valence-corrected chi connectivity index (χ2v) is 3.37. The van der Waals surface area contributed by atoms with Gasteiger partial charge in [0.2, 0.25) is 0 Å². The van der Waals surface area contributed by atoms with Crippen LogP contribution in [0.1, 0.15) is 32.1 Å². The smallest absolute Gasteiger partial charge is 0.156 e. The Morgan fingerprint density at radius 2 is 2.09 bits per heavy atom. The van der Waals surface area contributed by atoms with Crippen molar-refractivity contribution < 1.29 is 4.79 Å². The lowest BCUT2D eigenvalue weighted by atomic mass is 10.0. The molecule has 2 heteroatoms. The average Bonchev–Trinajstić information content (AvgIpc) is 2.40. The minimum absolute atomic E-state index is 0.173. The summed E-state index contributed by atoms with van der Waals surface area (Å²) in [5.74, 6) is 0.808. The van der Waals surface area contributed by atoms with E-state index in [2.05, 4.69) is 0 Å². The summed E-state index contributed by atoms with van der Waals surface area (Å²) in [6, 6.07) is 0. The van der Waals surface area contributed by atoms with Gasteiger partial charge in [-0.2, -0.15) is 0 Å². The van der Waals surface area contributed by atoms with E-state index in [1.807, 2.05) is 0 Å². The highest BCUT2D eigenvalue weighted by Crippen LogP contribution is 2.27. The van der Waals surface area contributed by atoms with Crippen molar-refractivity contribution >= 4 is 17.4 Å². The van der Waals surface area contributed by atoms with Crippen LogP contribution in [0.25, 0.3) is 0 Å². The molecule has 0 aromatic carbocycles. The molecule has 11 heavy (non-hydrogen) atoms. The summed E-state index contributed by atoms with van der Waals surface area (Å²) in [7, 11) is 0. The van der Waals surface area contributed by atoms with Gasteiger partial charge in [0.05, 0.1) is 0 Å². The summed E-state index contributed by atoms with van der Waals surface area (Å²) in [6.45, 7) is 0. The van der Waals surface area contributed by atoms with Crippen molar-refractivity contribution in [3.05, 3.63) is 11.6 Å². The first-order valence-corrected chi connectivity index (χ1v) is 4.56. The van der Waals surface area contributed by atoms with Gasteiger partial charge in [0.1, 0.15) is 0 Å². The minimum Gasteiger partial charge on any atom is -0.295 e. The van der Waals surface area contributed by atoms with Gasteiger partial charge in [-0.15, -0.1) is 0 Å². The van der Waals surface area contributed by atoms with Gasteiger partial charge < -0.3 is 0 Å². The first kappa shape index (κ1) is 8.79. The van der Waals surface area contributed by atoms with Crippen LogP contribution >= 0.6 is 11.6 Å². The molecule has 0 unspecified atom stereocenters. The Labute approximate surface area is 72.4 Å². The third-order valence-corrected chi connectivity index (χ3v) is 2.34. The summed E-state index contributed by atoms with van der Waals surface area (Å²) < 4.78 is 0. The largest absolute Gasteiger partial charge is 0.295 e. The summed E-state index contributed by atoms with van der Waals surface area (Å²) in [6.07, 6.45) is 7.19. The molecule has 1 aliphatic carbocycles. The number of hydrogen-bond donors (Lipinski definition) is 0. The van der Waals surface area contributed by atoms with E-state index in [0.717, 1.165) is 0 Å². The van der Waals surface area contributed by atoms with Crippen molar-refractivity contribution in [2.45, 2.75) is 32.1 Å². The second kappa shape index (κ2) is 4.55. The molecule has 62 valence electrons. The van der Waals surface area contributed by atoms with Gasteiger partial charge in [-0.05, 0) is 12.0 Å². The van der Waals surface area contributed by atoms with Gasteiger partial charge in [0.15, 0.2) is 5.78 Å². The SMILES string of the molecule is O=C(C=CCl)CC1CCCC1. The van der Waals surface area contributed by atoms with Crippen LogP contribution in [0.3, 0.4) is 0 Å². The molecule has 1 aliphatic rings. The average molecular weight is 173 g/mol. The van der Waals surface area contributed by atoms with Gasteiger partial charge in [0, 0.05) is 12.0 Å². The second-order valence-electron chi connectivity index (χ2n) is 3.11. The number of carbonyl (C=O) groups is 1. The summed E-state index contributed by atoms with van der Waals surface area (Å²) >= 11 is 5.28. The maximum absolute atomic E-state index is 11.0. The van der Waals surface area contributed by atoms with Gasteiger partial charge in [-0.25, -0.2) is 0 Å². The molecule has 0 saturated heterocycles. The van der Waals surface area contributed by atoms with Crippen LogP contribution in [-0.2, 0) is 4.79 Å². The highest BCUT2D eigenvalue weighted by atomic mass is 35.5. The maximum atomic E-state index is 11.0. The van der Waals surface area contributed by atoms with Gasteiger partial charge in [-0.1, -0.05) is 37.3 Å². The molecular formula is C9H13ClO. The Morgan fingerprint density at radius 1 is 1.45 bits per heavy atom. The molecule has 0 radical (unpaired) electrons. The predicted molar refractivity (Wildman–Crippen MR) is 46.6 cm³/mol. The number of carbonyl (C=O) groups excluding carboxylic acids is 1. The van der Waals surface area contributed by atoms with Crippen LogP contribution in [-0.4, -0.2) is 5.78 Å². The van der Waals surface area contributed by atoms with Crippen molar-refractivity contribution in [1.29, 1.82) is 0 Å². The van der Waals surface area contributed by atoms with Crippen molar-refractivity contribution in [3.8, 4) is 0 Å². The first-order valence-electron chi connectivity index (χ1n) is 4.12. The molecule has 0 aromatic heterocycles. The fourth-order valence-electron chi connectivity index (χ4n) is 1.64. The molecule has 0 amide bonds. The van der Waals surface area contributed by atoms with Crippen molar-refractivity contribution in [2.75, 3.05) is 0 Å². The Bertz CT molecular complexity index is 157. The van der Waals surface area contributed by atoms with E-state index in [-0.39, 0.29) is 5.78 Å². The molecule has 0 N–H and O–H groups in total. The number of rotatable bonds is 3. The van der Waals surface area contributed by atoms with E-state index < -0.39 is 0 Å². The van der Waals surface area contributed by atoms with Crippen LogP contribution in [0.5, 0.6) is 0 Å². The lowest BCUT2D eigenvalue weighted by Gasteiger charge is -2.03. The highest BCUT2D eigenvalue weighted by molar-refractivity contribution is 6.26. The minimum atomic E-state index is 0.173. The number of halogens is 1. The van der Waals surface area contributed by atoms with Crippen LogP contribution in [0.2, 0.25) is 0 Å². The van der Waals surface area contributed by atoms with Gasteiger partial charge >= 0.3 is 0 Å². The van der Waals surface area contributed by atoms with E-state index in [0.29, 0.717) is 12.3 Å². The zero-order valence-electron chi connectivity index (χ0n) is 6.55. The van der Waals surface area contributed by atoms with Crippen molar-refractivity contribution in [1.82, 2.24) is 0 Å². The molecule has 1 rings (SSSR count). The Balaban J connectivity index is 2.23. The topological polar surface area (TPSA) is 17.1 Å². The summed E-state index contributed by atoms with van der Waals surface area (Å²) in [5.41, 5.74) is 1.30. The van der Waals surface area contributed by atoms with Crippen molar-refractivity contribution in [3.63, 3.8) is 0 Å². The van der Waals surface area contributed by atoms with Gasteiger partial charge in [0.25, 0.3) is 0 Å². The van der Waals surface area contributed by atoms with Crippen LogP contribution in [0, 0.1) is 5.92 Å². The third-order valence-electron chi connectivity index (χ3n) is 2.21. The summed E-state index contributed by atoms with van der Waals surface area (Å²) in [5, 5.41) is 0. The number of allylic oxidation sites excluding steroid dienone is 1. The maximum Gasteiger partial charge on any atom is 0.156 e. The zero-order valence-corrected chi connectivity index (χ0v) is 7.31. The molecule has 1 fully saturated rings. The number of ketones is 1. The molecule has 0 spiro atoms. The lowest BCUT2D eigenvalue weighted by Crippen LogP contribution is -2.01. The van der Waals surface area contributed by atoms with E-state index >= 15 is 0 Å². The fourth-order valence-corrected chi connectivity index (χ4v) is 1.78. The quantitative estimate of drug-likeness (QED) is 0.599. The molecular weight excluding hydrogens is 160 g/mol. The van der Waals surface area contributed by atoms with Crippen LogP contribution < -0.4 is 0 Å². The van der Waals surface area contributed by atoms with Gasteiger partial charge in [-0.3, -0.25) is 4.79 Å². The fraction of sp³-hybridized carbons (Fsp3) is 0.667. The van der Waals surface area contributed by atoms with Crippen molar-refractivity contribution in [2.24, 2.45) is 5.92 Å². The highest BCUT2D eigenvalue weighted by Gasteiger charge is 2.16. The molecule has 1 nitrogen and oxygen atoms in total. The third kappa shape index (κ3) is 3.06. The molecule has 0 aliphatic heterocycles. The number of hydrogen-bond acceptors (Lipinski definition) is 1. The van der Waals surface area contributed by atoms with Crippen LogP contribution in [0.15, 0.2) is 11.6 Å². The zero-order chi connectivity index (χ0) is 8.10. The standard InChI is InChI=1S/C9H13ClO/c10-6-5-9(11)7-8-3-1-2-4-8/h5-6,8H,1-4,7H2. The normalized spacial score (nSPS) is 19.7. The van der Waals surface area contributed by atoms with Crippen LogP contribution in [0.4, 0.5) is 0 Å². The molecule has 0 heterocycles. The van der Waals surface area contributed by atoms with E-state index in [1.54, 1.807) is 0 Å². The monoisotopic (exact) mass is 172 g/mol. The lowest BCUT2D eigenvalue weighted by molar-refractivity contribution is -0.115. The summed E-state index contributed by atoms with van der Waals surface area (Å²) in [4.78, 5) is 11.0. The predicted octanol–water partition coefficient (Wildman–Crippen LogP) is 2.89. The van der Waals surface area contributed by atoms with E-state index in [4.69, 9.17) is 11.6 Å². The molecule has 0 aromatic rings. The van der Waals surface area contributed by atoms with E-state index in [1.165, 1.54) is 37.3 Å². The molecule has 1 saturated carbocycles. The Kier molecular flexibility index (Phi) is 3.64. The Morgan fingerprint density at radius 3 is 2.64 bits per heavy atom.